The van der Waals surface area contributed by atoms with Gasteiger partial charge in [0.2, 0.25) is 5.91 Å². The van der Waals surface area contributed by atoms with E-state index in [-0.39, 0.29) is 24.1 Å². The molecule has 2 aromatic rings. The van der Waals surface area contributed by atoms with E-state index in [1.165, 1.54) is 0 Å². The summed E-state index contributed by atoms with van der Waals surface area (Å²) in [5, 5.41) is 0.433. The van der Waals surface area contributed by atoms with Crippen molar-refractivity contribution in [2.75, 3.05) is 11.4 Å². The molecule has 1 fully saturated rings. The Balaban J connectivity index is 1.71. The fraction of sp³-hybridized carbons (Fsp3) is 0.483. The molecule has 1 saturated carbocycles. The van der Waals surface area contributed by atoms with Crippen LogP contribution in [0.1, 0.15) is 80.2 Å². The molecule has 3 nitrogen and oxygen atoms in total. The van der Waals surface area contributed by atoms with Crippen LogP contribution in [0.3, 0.4) is 0 Å². The van der Waals surface area contributed by atoms with Crippen LogP contribution in [0.5, 0.6) is 0 Å². The Labute approximate surface area is 229 Å². The maximum atomic E-state index is 13.5. The van der Waals surface area contributed by atoms with E-state index in [0.717, 1.165) is 43.4 Å². The van der Waals surface area contributed by atoms with Gasteiger partial charge in [0.1, 0.15) is 0 Å². The maximum Gasteiger partial charge on any atom is 0.416 e. The van der Waals surface area contributed by atoms with E-state index >= 15 is 0 Å². The summed E-state index contributed by atoms with van der Waals surface area (Å²) in [6.45, 7) is 5.88. The molecular formula is C29H31ClF6N2O. The Kier molecular flexibility index (Phi) is 8.59. The Bertz CT molecular complexity index is 1190. The number of nitrogens with zero attached hydrogens (tertiary/aromatic N) is 2. The second-order valence-corrected chi connectivity index (χ2v) is 11.0. The molecule has 1 unspecified atom stereocenters. The van der Waals surface area contributed by atoms with Gasteiger partial charge in [-0.3, -0.25) is 4.79 Å². The first-order chi connectivity index (χ1) is 18.2. The first-order valence-electron chi connectivity index (χ1n) is 13.0. The number of amides is 1. The van der Waals surface area contributed by atoms with Gasteiger partial charge in [-0.05, 0) is 80.0 Å². The topological polar surface area (TPSA) is 23.6 Å². The normalized spacial score (nSPS) is 18.6. The summed E-state index contributed by atoms with van der Waals surface area (Å²) in [6.07, 6.45) is -4.05. The van der Waals surface area contributed by atoms with Gasteiger partial charge in [-0.15, -0.1) is 0 Å². The van der Waals surface area contributed by atoms with E-state index in [1.807, 2.05) is 0 Å². The summed E-state index contributed by atoms with van der Waals surface area (Å²) in [7, 11) is 0. The van der Waals surface area contributed by atoms with Crippen molar-refractivity contribution in [3.63, 3.8) is 0 Å². The van der Waals surface area contributed by atoms with Gasteiger partial charge >= 0.3 is 12.4 Å². The smallest absolute Gasteiger partial charge is 0.364 e. The Morgan fingerprint density at radius 3 is 2.15 bits per heavy atom. The molecule has 0 radical (unpaired) electrons. The molecule has 0 N–H and O–H groups in total. The summed E-state index contributed by atoms with van der Waals surface area (Å²) in [6, 6.07) is 6.39. The van der Waals surface area contributed by atoms with Crippen LogP contribution in [-0.2, 0) is 23.7 Å². The lowest BCUT2D eigenvalue weighted by atomic mass is 9.97. The standard InChI is InChI=1S/C29H31ClF6N2O/c1-18(2)38(17-20-12-21(28(31,32)33)15-22(13-20)29(34,35)36)25-8-5-11-37(26-16-23(30)9-10-24(25)26)27(39)14-19-6-3-4-7-19/h9-10,12-13,15-16,19,25H,1,3-8,11,14,17H2,2H3. The quantitative estimate of drug-likeness (QED) is 0.322. The SMILES string of the molecule is C=C(C)N(Cc1cc(C(F)(F)F)cc(C(F)(F)F)c1)C1CCCN(C(=O)CC2CCCC2)c2cc(Cl)ccc21. The minimum Gasteiger partial charge on any atom is -0.364 e. The Hall–Kier alpha value is -2.68. The molecule has 0 spiro atoms. The van der Waals surface area contributed by atoms with Gasteiger partial charge in [0.05, 0.1) is 22.9 Å². The minimum absolute atomic E-state index is 0.000592. The fourth-order valence-electron chi connectivity index (χ4n) is 5.72. The number of hydrogen-bond acceptors (Lipinski definition) is 2. The maximum absolute atomic E-state index is 13.5. The third kappa shape index (κ3) is 6.91. The van der Waals surface area contributed by atoms with Crippen molar-refractivity contribution in [3.8, 4) is 0 Å². The lowest BCUT2D eigenvalue weighted by molar-refractivity contribution is -0.143. The molecule has 1 heterocycles. The predicted octanol–water partition coefficient (Wildman–Crippen LogP) is 9.16. The van der Waals surface area contributed by atoms with E-state index in [0.29, 0.717) is 48.1 Å². The lowest BCUT2D eigenvalue weighted by Crippen LogP contribution is -2.33. The third-order valence-corrected chi connectivity index (χ3v) is 7.84. The third-order valence-electron chi connectivity index (χ3n) is 7.61. The van der Waals surface area contributed by atoms with Crippen LogP contribution >= 0.6 is 11.6 Å². The van der Waals surface area contributed by atoms with Crippen molar-refractivity contribution in [1.29, 1.82) is 0 Å². The summed E-state index contributed by atoms with van der Waals surface area (Å²) < 4.78 is 80.9. The number of rotatable bonds is 6. The van der Waals surface area contributed by atoms with Crippen LogP contribution in [0.2, 0.25) is 5.02 Å². The highest BCUT2D eigenvalue weighted by Crippen LogP contribution is 2.42. The number of carbonyl (C=O) groups excluding carboxylic acids is 1. The van der Waals surface area contributed by atoms with Gasteiger partial charge in [0.15, 0.2) is 0 Å². The van der Waals surface area contributed by atoms with Gasteiger partial charge in [0.25, 0.3) is 0 Å². The molecule has 1 aliphatic carbocycles. The average molecular weight is 573 g/mol. The number of allylic oxidation sites excluding steroid dienone is 1. The number of anilines is 1. The lowest BCUT2D eigenvalue weighted by Gasteiger charge is -2.35. The number of benzene rings is 2. The second-order valence-electron chi connectivity index (χ2n) is 10.5. The first kappa shape index (κ1) is 29.3. The fourth-order valence-corrected chi connectivity index (χ4v) is 5.89. The highest BCUT2D eigenvalue weighted by molar-refractivity contribution is 6.31. The van der Waals surface area contributed by atoms with E-state index in [2.05, 4.69) is 6.58 Å². The van der Waals surface area contributed by atoms with Crippen molar-refractivity contribution < 1.29 is 31.1 Å². The van der Waals surface area contributed by atoms with Gasteiger partial charge in [-0.2, -0.15) is 26.3 Å². The van der Waals surface area contributed by atoms with Crippen molar-refractivity contribution in [3.05, 3.63) is 76.0 Å². The summed E-state index contributed by atoms with van der Waals surface area (Å²) in [5.41, 5.74) is -0.995. The largest absolute Gasteiger partial charge is 0.416 e. The molecule has 0 bridgehead atoms. The van der Waals surface area contributed by atoms with Crippen molar-refractivity contribution in [1.82, 2.24) is 4.90 Å². The van der Waals surface area contributed by atoms with Crippen molar-refractivity contribution in [2.45, 2.75) is 76.8 Å². The Morgan fingerprint density at radius 2 is 1.59 bits per heavy atom. The van der Waals surface area contributed by atoms with E-state index in [1.54, 1.807) is 34.9 Å². The number of carbonyl (C=O) groups is 1. The monoisotopic (exact) mass is 572 g/mol. The van der Waals surface area contributed by atoms with Crippen molar-refractivity contribution in [2.24, 2.45) is 5.92 Å². The molecule has 1 atom stereocenters. The molecule has 212 valence electrons. The van der Waals surface area contributed by atoms with E-state index in [4.69, 9.17) is 11.6 Å². The van der Waals surface area contributed by atoms with E-state index in [9.17, 15) is 31.1 Å². The van der Waals surface area contributed by atoms with Crippen LogP contribution in [0, 0.1) is 5.92 Å². The summed E-state index contributed by atoms with van der Waals surface area (Å²) in [5.74, 6) is 0.343. The molecule has 0 saturated heterocycles. The van der Waals surface area contributed by atoms with Gasteiger partial charge in [-0.1, -0.05) is 37.1 Å². The predicted molar refractivity (Wildman–Crippen MR) is 139 cm³/mol. The number of halogens is 7. The zero-order valence-corrected chi connectivity index (χ0v) is 22.4. The first-order valence-corrected chi connectivity index (χ1v) is 13.4. The number of fused-ring (bicyclic) bond motifs is 1. The van der Waals surface area contributed by atoms with Gasteiger partial charge < -0.3 is 9.80 Å². The summed E-state index contributed by atoms with van der Waals surface area (Å²) >= 11 is 6.33. The molecule has 2 aliphatic rings. The molecule has 39 heavy (non-hydrogen) atoms. The molecule has 1 aliphatic heterocycles. The van der Waals surface area contributed by atoms with Crippen LogP contribution in [0.15, 0.2) is 48.7 Å². The van der Waals surface area contributed by atoms with Crippen molar-refractivity contribution >= 4 is 23.2 Å². The second kappa shape index (κ2) is 11.4. The van der Waals surface area contributed by atoms with Crippen LogP contribution < -0.4 is 4.90 Å². The highest BCUT2D eigenvalue weighted by Gasteiger charge is 2.38. The molecular weight excluding hydrogens is 542 g/mol. The van der Waals surface area contributed by atoms with Crippen LogP contribution in [0.25, 0.3) is 0 Å². The van der Waals surface area contributed by atoms with E-state index < -0.39 is 29.5 Å². The molecule has 0 aromatic heterocycles. The number of alkyl halides is 6. The summed E-state index contributed by atoms with van der Waals surface area (Å²) in [4.78, 5) is 16.8. The molecule has 4 rings (SSSR count). The van der Waals surface area contributed by atoms with Gasteiger partial charge in [-0.25, -0.2) is 0 Å². The van der Waals surface area contributed by atoms with Gasteiger partial charge in [0, 0.05) is 30.2 Å². The highest BCUT2D eigenvalue weighted by atomic mass is 35.5. The molecule has 1 amide bonds. The zero-order valence-electron chi connectivity index (χ0n) is 21.6. The zero-order chi connectivity index (χ0) is 28.5. The Morgan fingerprint density at radius 1 is 0.974 bits per heavy atom. The average Bonchev–Trinajstić information content (AvgIpc) is 3.27. The molecule has 10 heteroatoms. The number of hydrogen-bond donors (Lipinski definition) is 0. The van der Waals surface area contributed by atoms with Crippen LogP contribution in [0.4, 0.5) is 32.0 Å². The van der Waals surface area contributed by atoms with Crippen LogP contribution in [-0.4, -0.2) is 17.4 Å². The minimum atomic E-state index is -4.93. The molecule has 2 aromatic carbocycles.